The summed E-state index contributed by atoms with van der Waals surface area (Å²) in [5, 5.41) is 32.9. The van der Waals surface area contributed by atoms with E-state index in [0.29, 0.717) is 26.2 Å². The smallest absolute Gasteiger partial charge is 0.418 e. The Balaban J connectivity index is 2.19. The van der Waals surface area contributed by atoms with Crippen molar-refractivity contribution in [2.24, 2.45) is 0 Å². The van der Waals surface area contributed by atoms with Crippen molar-refractivity contribution in [3.05, 3.63) is 29.3 Å². The monoisotopic (exact) mass is 514 g/mol. The molecule has 11 nitrogen and oxygen atoms in total. The van der Waals surface area contributed by atoms with E-state index in [-0.39, 0.29) is 51.4 Å². The third-order valence-corrected chi connectivity index (χ3v) is 5.51. The summed E-state index contributed by atoms with van der Waals surface area (Å²) in [6.07, 6.45) is -4.79. The molecule has 0 aliphatic carbocycles. The highest BCUT2D eigenvalue weighted by molar-refractivity contribution is 5.94. The van der Waals surface area contributed by atoms with Crippen LogP contribution in [0.2, 0.25) is 0 Å². The number of anilines is 1. The molecule has 0 saturated carbocycles. The molecule has 0 unspecified atom stereocenters. The summed E-state index contributed by atoms with van der Waals surface area (Å²) in [6, 6.07) is 4.67. The average molecular weight is 515 g/mol. The highest BCUT2D eigenvalue weighted by Gasteiger charge is 2.35. The van der Waals surface area contributed by atoms with E-state index in [1.54, 1.807) is 20.8 Å². The van der Waals surface area contributed by atoms with Gasteiger partial charge in [0.05, 0.1) is 36.4 Å². The van der Waals surface area contributed by atoms with Gasteiger partial charge in [0.1, 0.15) is 6.07 Å². The maximum atomic E-state index is 13.4. The van der Waals surface area contributed by atoms with Gasteiger partial charge in [0.25, 0.3) is 0 Å². The molecule has 1 aliphatic rings. The second-order valence-electron chi connectivity index (χ2n) is 8.25. The van der Waals surface area contributed by atoms with Crippen LogP contribution < -0.4 is 10.6 Å². The number of halogens is 3. The minimum Gasteiger partial charge on any atom is -0.480 e. The number of alkyl halides is 3. The molecule has 0 spiro atoms. The number of nitrogens with zero attached hydrogens (tertiary/aromatic N) is 4. The molecule has 0 atom stereocenters. The Hall–Kier alpha value is -3.25. The minimum absolute atomic E-state index is 0.216. The summed E-state index contributed by atoms with van der Waals surface area (Å²) in [5.41, 5.74) is -2.10. The average Bonchev–Trinajstić information content (AvgIpc) is 2.77. The molecule has 0 aromatic heterocycles. The van der Waals surface area contributed by atoms with Crippen LogP contribution in [0.1, 0.15) is 11.1 Å². The molecule has 36 heavy (non-hydrogen) atoms. The van der Waals surface area contributed by atoms with Gasteiger partial charge in [0.15, 0.2) is 0 Å². The number of aliphatic carboxylic acids is 2. The topological polar surface area (TPSA) is 149 Å². The fraction of sp³-hybridized carbons (Fsp3) is 0.545. The standard InChI is InChI=1S/C22H29F3N6O5/c23-22(24,25)17-3-1-2-16(12-26)21(17)28-18(32)13-31-10-8-29(14-19(33)34)6-4-27-5-7-30(9-11-31)15-20(35)36/h1-3,27H,4-11,13-15H2,(H,28,32)(H,33,34)(H,35,36). The van der Waals surface area contributed by atoms with Crippen molar-refractivity contribution in [2.45, 2.75) is 6.18 Å². The third kappa shape index (κ3) is 9.78. The van der Waals surface area contributed by atoms with Gasteiger partial charge in [-0.1, -0.05) is 6.07 Å². The van der Waals surface area contributed by atoms with Crippen LogP contribution in [-0.2, 0) is 20.6 Å². The van der Waals surface area contributed by atoms with E-state index >= 15 is 0 Å². The lowest BCUT2D eigenvalue weighted by Gasteiger charge is -2.30. The fourth-order valence-electron chi connectivity index (χ4n) is 3.76. The van der Waals surface area contributed by atoms with Gasteiger partial charge < -0.3 is 20.8 Å². The van der Waals surface area contributed by atoms with Gasteiger partial charge in [-0.3, -0.25) is 29.1 Å². The molecule has 198 valence electrons. The van der Waals surface area contributed by atoms with Gasteiger partial charge in [-0.15, -0.1) is 0 Å². The molecule has 1 aromatic carbocycles. The summed E-state index contributed by atoms with van der Waals surface area (Å²) in [7, 11) is 0. The first-order valence-electron chi connectivity index (χ1n) is 11.2. The van der Waals surface area contributed by atoms with Crippen LogP contribution in [0, 0.1) is 11.3 Å². The molecule has 1 saturated heterocycles. The lowest BCUT2D eigenvalue weighted by molar-refractivity contribution is -0.139. The maximum absolute atomic E-state index is 13.4. The van der Waals surface area contributed by atoms with Gasteiger partial charge in [0.2, 0.25) is 5.91 Å². The number of amides is 1. The Bertz CT molecular complexity index is 938. The van der Waals surface area contributed by atoms with Crippen molar-refractivity contribution in [3.8, 4) is 6.07 Å². The van der Waals surface area contributed by atoms with E-state index in [1.807, 2.05) is 0 Å². The molecule has 1 aliphatic heterocycles. The number of carboxylic acids is 2. The first-order chi connectivity index (χ1) is 17.0. The number of rotatable bonds is 7. The molecule has 4 N–H and O–H groups in total. The summed E-state index contributed by atoms with van der Waals surface area (Å²) in [5.74, 6) is -2.83. The van der Waals surface area contributed by atoms with Crippen molar-refractivity contribution in [1.82, 2.24) is 20.0 Å². The summed E-state index contributed by atoms with van der Waals surface area (Å²) < 4.78 is 40.3. The molecule has 0 radical (unpaired) electrons. The lowest BCUT2D eigenvalue weighted by atomic mass is 10.1. The number of hydrogen-bond acceptors (Lipinski definition) is 8. The first kappa shape index (κ1) is 29.0. The van der Waals surface area contributed by atoms with E-state index in [1.165, 1.54) is 6.07 Å². The zero-order valence-corrected chi connectivity index (χ0v) is 19.6. The van der Waals surface area contributed by atoms with Crippen LogP contribution in [0.4, 0.5) is 18.9 Å². The summed E-state index contributed by atoms with van der Waals surface area (Å²) >= 11 is 0. The van der Waals surface area contributed by atoms with Crippen LogP contribution in [0.5, 0.6) is 0 Å². The summed E-state index contributed by atoms with van der Waals surface area (Å²) in [4.78, 5) is 40.1. The van der Waals surface area contributed by atoms with Crippen LogP contribution in [0.3, 0.4) is 0 Å². The Kier molecular flexibility index (Phi) is 11.1. The second-order valence-corrected chi connectivity index (χ2v) is 8.25. The zero-order chi connectivity index (χ0) is 26.7. The van der Waals surface area contributed by atoms with Gasteiger partial charge in [0, 0.05) is 52.4 Å². The number of carboxylic acid groups (broad SMARTS) is 2. The van der Waals surface area contributed by atoms with Gasteiger partial charge in [-0.05, 0) is 12.1 Å². The van der Waals surface area contributed by atoms with Crippen molar-refractivity contribution in [1.29, 1.82) is 5.26 Å². The highest BCUT2D eigenvalue weighted by Crippen LogP contribution is 2.36. The van der Waals surface area contributed by atoms with Crippen LogP contribution in [-0.4, -0.2) is 115 Å². The predicted octanol–water partition coefficient (Wildman–Crippen LogP) is 0.194. The van der Waals surface area contributed by atoms with E-state index < -0.39 is 35.3 Å². The molecule has 1 aromatic rings. The van der Waals surface area contributed by atoms with E-state index in [2.05, 4.69) is 10.6 Å². The molecule has 14 heteroatoms. The molecule has 0 bridgehead atoms. The number of para-hydroxylation sites is 1. The van der Waals surface area contributed by atoms with Crippen molar-refractivity contribution < 1.29 is 37.8 Å². The van der Waals surface area contributed by atoms with E-state index in [9.17, 15) is 32.8 Å². The lowest BCUT2D eigenvalue weighted by Crippen LogP contribution is -2.48. The zero-order valence-electron chi connectivity index (χ0n) is 19.6. The Morgan fingerprint density at radius 1 is 0.917 bits per heavy atom. The number of carbonyl (C=O) groups is 3. The number of carbonyl (C=O) groups excluding carboxylic acids is 1. The van der Waals surface area contributed by atoms with E-state index in [4.69, 9.17) is 10.2 Å². The van der Waals surface area contributed by atoms with Crippen molar-refractivity contribution in [3.63, 3.8) is 0 Å². The van der Waals surface area contributed by atoms with Crippen molar-refractivity contribution in [2.75, 3.05) is 77.3 Å². The second kappa shape index (κ2) is 13.7. The molecule has 1 fully saturated rings. The molecule has 1 amide bonds. The molecule has 2 rings (SSSR count). The fourth-order valence-corrected chi connectivity index (χ4v) is 3.76. The quantitative estimate of drug-likeness (QED) is 0.397. The molecular weight excluding hydrogens is 485 g/mol. The highest BCUT2D eigenvalue weighted by atomic mass is 19.4. The van der Waals surface area contributed by atoms with Gasteiger partial charge >= 0.3 is 18.1 Å². The Morgan fingerprint density at radius 3 is 1.86 bits per heavy atom. The van der Waals surface area contributed by atoms with Gasteiger partial charge in [-0.25, -0.2) is 0 Å². The summed E-state index contributed by atoms with van der Waals surface area (Å²) in [6.45, 7) is 1.92. The number of nitrogens with one attached hydrogen (secondary N) is 2. The first-order valence-corrected chi connectivity index (χ1v) is 11.2. The molecular formula is C22H29F3N6O5. The Morgan fingerprint density at radius 2 is 1.42 bits per heavy atom. The van der Waals surface area contributed by atoms with E-state index in [0.717, 1.165) is 12.1 Å². The van der Waals surface area contributed by atoms with Crippen LogP contribution in [0.15, 0.2) is 18.2 Å². The van der Waals surface area contributed by atoms with Gasteiger partial charge in [-0.2, -0.15) is 18.4 Å². The van der Waals surface area contributed by atoms with Crippen LogP contribution in [0.25, 0.3) is 0 Å². The third-order valence-electron chi connectivity index (χ3n) is 5.51. The Labute approximate surface area is 206 Å². The molecule has 1 heterocycles. The normalized spacial score (nSPS) is 17.4. The largest absolute Gasteiger partial charge is 0.480 e. The SMILES string of the molecule is N#Cc1cccc(C(F)(F)F)c1NC(=O)CN1CCN(CC(=O)O)CCNCCN(CC(=O)O)CC1. The predicted molar refractivity (Wildman–Crippen MR) is 122 cm³/mol. The number of benzene rings is 1. The maximum Gasteiger partial charge on any atom is 0.418 e. The minimum atomic E-state index is -4.79. The number of hydrogen-bond donors (Lipinski definition) is 4. The van der Waals surface area contributed by atoms with Crippen LogP contribution >= 0.6 is 0 Å². The number of nitriles is 1. The van der Waals surface area contributed by atoms with Crippen molar-refractivity contribution >= 4 is 23.5 Å².